The highest BCUT2D eigenvalue weighted by atomic mass is 32.2. The molecular formula is C5H11NO6S2. The van der Waals surface area contributed by atoms with E-state index < -0.39 is 37.6 Å². The van der Waals surface area contributed by atoms with Crippen molar-refractivity contribution < 1.29 is 26.7 Å². The number of carboxylic acid groups (broad SMARTS) is 1. The molecule has 0 aliphatic rings. The molecule has 84 valence electrons. The maximum atomic E-state index is 10.7. The third kappa shape index (κ3) is 6.80. The molecule has 1 unspecified atom stereocenters. The van der Waals surface area contributed by atoms with Gasteiger partial charge in [0.1, 0.15) is 15.9 Å². The molecule has 0 amide bonds. The number of sulfonamides is 1. The lowest BCUT2D eigenvalue weighted by Gasteiger charge is -2.10. The molecule has 0 fully saturated rings. The average Bonchev–Trinajstić information content (AvgIpc) is 1.78. The van der Waals surface area contributed by atoms with Gasteiger partial charge < -0.3 is 5.11 Å². The van der Waals surface area contributed by atoms with E-state index in [1.54, 1.807) is 4.72 Å². The predicted molar refractivity (Wildman–Crippen MR) is 49.1 cm³/mol. The van der Waals surface area contributed by atoms with E-state index in [0.29, 0.717) is 0 Å². The number of hydrogen-bond donors (Lipinski definition) is 2. The minimum Gasteiger partial charge on any atom is -0.480 e. The zero-order valence-corrected chi connectivity index (χ0v) is 9.22. The first-order chi connectivity index (χ1) is 6.01. The zero-order chi connectivity index (χ0) is 11.6. The van der Waals surface area contributed by atoms with Crippen molar-refractivity contribution in [1.82, 2.24) is 4.72 Å². The van der Waals surface area contributed by atoms with Crippen LogP contribution in [0.3, 0.4) is 0 Å². The predicted octanol–water partition coefficient (Wildman–Crippen LogP) is -1.97. The van der Waals surface area contributed by atoms with Crippen molar-refractivity contribution in [3.63, 3.8) is 0 Å². The van der Waals surface area contributed by atoms with Crippen molar-refractivity contribution in [2.45, 2.75) is 6.04 Å². The molecule has 0 aromatic carbocycles. The van der Waals surface area contributed by atoms with E-state index in [4.69, 9.17) is 5.11 Å². The van der Waals surface area contributed by atoms with Crippen molar-refractivity contribution in [2.24, 2.45) is 0 Å². The molecule has 1 atom stereocenters. The van der Waals surface area contributed by atoms with Gasteiger partial charge >= 0.3 is 5.97 Å². The van der Waals surface area contributed by atoms with Gasteiger partial charge in [0.25, 0.3) is 0 Å². The summed E-state index contributed by atoms with van der Waals surface area (Å²) in [5.74, 6) is -2.30. The molecular weight excluding hydrogens is 234 g/mol. The third-order valence-corrected chi connectivity index (χ3v) is 2.78. The van der Waals surface area contributed by atoms with Crippen LogP contribution < -0.4 is 4.72 Å². The fourth-order valence-corrected chi connectivity index (χ4v) is 2.35. The first-order valence-corrected chi connectivity index (χ1v) is 7.34. The molecule has 0 aromatic rings. The summed E-state index contributed by atoms with van der Waals surface area (Å²) in [5.41, 5.74) is 0. The smallest absolute Gasteiger partial charge is 0.322 e. The topological polar surface area (TPSA) is 118 Å². The van der Waals surface area contributed by atoms with E-state index >= 15 is 0 Å². The Balaban J connectivity index is 4.73. The quantitative estimate of drug-likeness (QED) is 0.580. The summed E-state index contributed by atoms with van der Waals surface area (Å²) in [6, 6.07) is -1.64. The number of aliphatic carboxylic acids is 1. The van der Waals surface area contributed by atoms with Gasteiger partial charge in [-0.1, -0.05) is 0 Å². The molecule has 9 heteroatoms. The SMILES string of the molecule is CS(=O)(=O)CC(NS(C)(=O)=O)C(=O)O. The maximum absolute atomic E-state index is 10.7. The van der Waals surface area contributed by atoms with Crippen molar-refractivity contribution in [1.29, 1.82) is 0 Å². The van der Waals surface area contributed by atoms with Gasteiger partial charge in [-0.15, -0.1) is 0 Å². The van der Waals surface area contributed by atoms with Crippen LogP contribution in [0.25, 0.3) is 0 Å². The van der Waals surface area contributed by atoms with E-state index in [1.807, 2.05) is 0 Å². The Hall–Kier alpha value is -0.670. The first-order valence-electron chi connectivity index (χ1n) is 3.39. The van der Waals surface area contributed by atoms with E-state index in [9.17, 15) is 21.6 Å². The normalized spacial score (nSPS) is 15.0. The number of nitrogens with one attached hydrogen (secondary N) is 1. The van der Waals surface area contributed by atoms with Crippen LogP contribution in [-0.2, 0) is 24.7 Å². The summed E-state index contributed by atoms with van der Waals surface area (Å²) in [7, 11) is -7.28. The lowest BCUT2D eigenvalue weighted by molar-refractivity contribution is -0.138. The van der Waals surface area contributed by atoms with Crippen LogP contribution in [0.15, 0.2) is 0 Å². The number of rotatable bonds is 5. The summed E-state index contributed by atoms with van der Waals surface area (Å²) >= 11 is 0. The molecule has 0 saturated carbocycles. The van der Waals surface area contributed by atoms with E-state index in [1.165, 1.54) is 0 Å². The largest absolute Gasteiger partial charge is 0.480 e. The molecule has 7 nitrogen and oxygen atoms in total. The van der Waals surface area contributed by atoms with E-state index in [-0.39, 0.29) is 0 Å². The number of sulfone groups is 1. The Morgan fingerprint density at radius 1 is 1.29 bits per heavy atom. The molecule has 14 heavy (non-hydrogen) atoms. The van der Waals surface area contributed by atoms with Gasteiger partial charge in [-0.05, 0) is 0 Å². The number of hydrogen-bond acceptors (Lipinski definition) is 5. The molecule has 0 saturated heterocycles. The summed E-state index contributed by atoms with van der Waals surface area (Å²) in [5, 5.41) is 8.51. The van der Waals surface area contributed by atoms with E-state index in [2.05, 4.69) is 0 Å². The Kier molecular flexibility index (Phi) is 4.03. The van der Waals surface area contributed by atoms with Gasteiger partial charge in [0.2, 0.25) is 10.0 Å². The zero-order valence-electron chi connectivity index (χ0n) is 7.59. The highest BCUT2D eigenvalue weighted by molar-refractivity contribution is 7.91. The Morgan fingerprint density at radius 2 is 1.71 bits per heavy atom. The van der Waals surface area contributed by atoms with Crippen LogP contribution in [0.2, 0.25) is 0 Å². The van der Waals surface area contributed by atoms with Gasteiger partial charge in [-0.2, -0.15) is 0 Å². The second-order valence-electron chi connectivity index (χ2n) is 2.87. The second-order valence-corrected chi connectivity index (χ2v) is 6.84. The summed E-state index contributed by atoms with van der Waals surface area (Å²) < 4.78 is 44.5. The molecule has 0 aliphatic heterocycles. The number of carboxylic acids is 1. The van der Waals surface area contributed by atoms with Crippen LogP contribution in [0.1, 0.15) is 0 Å². The van der Waals surface area contributed by atoms with Crippen LogP contribution in [0.4, 0.5) is 0 Å². The first kappa shape index (κ1) is 13.3. The lowest BCUT2D eigenvalue weighted by Crippen LogP contribution is -2.44. The minimum atomic E-state index is -3.74. The highest BCUT2D eigenvalue weighted by Gasteiger charge is 2.25. The number of carbonyl (C=O) groups is 1. The van der Waals surface area contributed by atoms with Crippen LogP contribution >= 0.6 is 0 Å². The molecule has 2 N–H and O–H groups in total. The van der Waals surface area contributed by atoms with Crippen LogP contribution in [0.5, 0.6) is 0 Å². The third-order valence-electron chi connectivity index (χ3n) is 1.12. The van der Waals surface area contributed by atoms with Gasteiger partial charge in [0.15, 0.2) is 0 Å². The van der Waals surface area contributed by atoms with Crippen molar-refractivity contribution in [2.75, 3.05) is 18.3 Å². The molecule has 0 rings (SSSR count). The average molecular weight is 245 g/mol. The monoisotopic (exact) mass is 245 g/mol. The van der Waals surface area contributed by atoms with E-state index in [0.717, 1.165) is 12.5 Å². The van der Waals surface area contributed by atoms with Gasteiger partial charge in [0.05, 0.1) is 12.0 Å². The molecule has 0 heterocycles. The molecule has 0 aliphatic carbocycles. The Labute approximate surface area is 82.1 Å². The fraction of sp³-hybridized carbons (Fsp3) is 0.800. The fourth-order valence-electron chi connectivity index (χ4n) is 0.717. The summed E-state index contributed by atoms with van der Waals surface area (Å²) in [6.07, 6.45) is 1.58. The maximum Gasteiger partial charge on any atom is 0.322 e. The van der Waals surface area contributed by atoms with Gasteiger partial charge in [-0.25, -0.2) is 21.6 Å². The summed E-state index contributed by atoms with van der Waals surface area (Å²) in [6.45, 7) is 0. The molecule has 0 bridgehead atoms. The standard InChI is InChI=1S/C5H11NO6S2/c1-13(9,10)3-4(5(7)8)6-14(2,11)12/h4,6H,3H2,1-2H3,(H,7,8). The molecule has 0 aromatic heterocycles. The Morgan fingerprint density at radius 3 is 1.93 bits per heavy atom. The molecule has 0 radical (unpaired) electrons. The summed E-state index contributed by atoms with van der Waals surface area (Å²) in [4.78, 5) is 10.5. The Bertz CT molecular complexity index is 374. The van der Waals surface area contributed by atoms with Gasteiger partial charge in [-0.3, -0.25) is 4.79 Å². The second kappa shape index (κ2) is 4.24. The van der Waals surface area contributed by atoms with Gasteiger partial charge in [0, 0.05) is 6.26 Å². The lowest BCUT2D eigenvalue weighted by atomic mass is 10.4. The molecule has 0 spiro atoms. The highest BCUT2D eigenvalue weighted by Crippen LogP contribution is 1.94. The van der Waals surface area contributed by atoms with Crippen molar-refractivity contribution in [3.8, 4) is 0 Å². The van der Waals surface area contributed by atoms with Crippen molar-refractivity contribution >= 4 is 25.8 Å². The van der Waals surface area contributed by atoms with Crippen LogP contribution in [0, 0.1) is 0 Å². The minimum absolute atomic E-state index is 0.755. The van der Waals surface area contributed by atoms with Crippen LogP contribution in [-0.4, -0.2) is 52.2 Å². The van der Waals surface area contributed by atoms with Crippen molar-refractivity contribution in [3.05, 3.63) is 0 Å².